The van der Waals surface area contributed by atoms with Gasteiger partial charge in [-0.1, -0.05) is 37.3 Å². The van der Waals surface area contributed by atoms with Gasteiger partial charge in [-0.3, -0.25) is 4.98 Å². The van der Waals surface area contributed by atoms with Gasteiger partial charge in [-0.25, -0.2) is 0 Å². The van der Waals surface area contributed by atoms with Gasteiger partial charge in [0.15, 0.2) is 5.11 Å². The average molecular weight is 271 g/mol. The van der Waals surface area contributed by atoms with Crippen LogP contribution in [0.15, 0.2) is 54.9 Å². The monoisotopic (exact) mass is 271 g/mol. The molecule has 0 saturated carbocycles. The highest BCUT2D eigenvalue weighted by Crippen LogP contribution is 2.16. The van der Waals surface area contributed by atoms with Crippen LogP contribution in [0.5, 0.6) is 0 Å². The van der Waals surface area contributed by atoms with Gasteiger partial charge in [0.05, 0.1) is 6.04 Å². The fourth-order valence-corrected chi connectivity index (χ4v) is 2.13. The lowest BCUT2D eigenvalue weighted by molar-refractivity contribution is 0.629. The average Bonchev–Trinajstić information content (AvgIpc) is 2.47. The number of pyridine rings is 1. The molecule has 1 aromatic heterocycles. The van der Waals surface area contributed by atoms with E-state index in [-0.39, 0.29) is 6.04 Å². The summed E-state index contributed by atoms with van der Waals surface area (Å²) in [5.74, 6) is 0. The zero-order chi connectivity index (χ0) is 13.5. The summed E-state index contributed by atoms with van der Waals surface area (Å²) in [5, 5.41) is 7.11. The number of hydrogen-bond acceptors (Lipinski definition) is 2. The minimum Gasteiger partial charge on any atom is -0.356 e. The lowest BCUT2D eigenvalue weighted by atomic mass is 10.1. The molecule has 1 aromatic carbocycles. The number of anilines is 1. The molecular formula is C15H17N3S. The van der Waals surface area contributed by atoms with E-state index >= 15 is 0 Å². The molecular weight excluding hydrogens is 254 g/mol. The van der Waals surface area contributed by atoms with Gasteiger partial charge < -0.3 is 10.6 Å². The predicted octanol–water partition coefficient (Wildman–Crippen LogP) is 3.52. The van der Waals surface area contributed by atoms with E-state index in [2.05, 4.69) is 34.7 Å². The van der Waals surface area contributed by atoms with Crippen LogP contribution in [0.4, 0.5) is 5.69 Å². The molecule has 1 atom stereocenters. The molecule has 0 saturated heterocycles. The summed E-state index contributed by atoms with van der Waals surface area (Å²) >= 11 is 5.34. The number of nitrogens with zero attached hydrogens (tertiary/aromatic N) is 1. The third-order valence-corrected chi connectivity index (χ3v) is 3.07. The standard InChI is InChI=1S/C15H17N3S/c1-2-14(12-6-4-3-5-7-12)18-15(19)17-13-8-10-16-11-9-13/h3-11,14H,2H2,1H3,(H2,16,17,18,19)/t14-/m0/s1. The minimum atomic E-state index is 0.225. The van der Waals surface area contributed by atoms with Crippen molar-refractivity contribution in [3.63, 3.8) is 0 Å². The van der Waals surface area contributed by atoms with Crippen molar-refractivity contribution in [3.8, 4) is 0 Å². The van der Waals surface area contributed by atoms with E-state index < -0.39 is 0 Å². The Morgan fingerprint density at radius 3 is 2.47 bits per heavy atom. The van der Waals surface area contributed by atoms with E-state index in [0.29, 0.717) is 5.11 Å². The van der Waals surface area contributed by atoms with E-state index in [1.54, 1.807) is 12.4 Å². The van der Waals surface area contributed by atoms with Crippen molar-refractivity contribution in [3.05, 3.63) is 60.4 Å². The van der Waals surface area contributed by atoms with Crippen LogP contribution < -0.4 is 10.6 Å². The molecule has 0 bridgehead atoms. The van der Waals surface area contributed by atoms with Crippen molar-refractivity contribution in [1.82, 2.24) is 10.3 Å². The van der Waals surface area contributed by atoms with E-state index in [0.717, 1.165) is 12.1 Å². The van der Waals surface area contributed by atoms with Crippen LogP contribution in [0.3, 0.4) is 0 Å². The highest BCUT2D eigenvalue weighted by molar-refractivity contribution is 7.80. The molecule has 2 rings (SSSR count). The van der Waals surface area contributed by atoms with Crippen molar-refractivity contribution in [1.29, 1.82) is 0 Å². The number of benzene rings is 1. The van der Waals surface area contributed by atoms with Gasteiger partial charge in [-0.05, 0) is 36.3 Å². The number of nitrogens with one attached hydrogen (secondary N) is 2. The van der Waals surface area contributed by atoms with Crippen molar-refractivity contribution in [2.75, 3.05) is 5.32 Å². The summed E-state index contributed by atoms with van der Waals surface area (Å²) in [6.45, 7) is 2.14. The van der Waals surface area contributed by atoms with Gasteiger partial charge in [0, 0.05) is 18.1 Å². The summed E-state index contributed by atoms with van der Waals surface area (Å²) in [7, 11) is 0. The molecule has 98 valence electrons. The van der Waals surface area contributed by atoms with Gasteiger partial charge >= 0.3 is 0 Å². The lowest BCUT2D eigenvalue weighted by Crippen LogP contribution is -2.32. The Labute approximate surface area is 119 Å². The third kappa shape index (κ3) is 4.03. The molecule has 0 spiro atoms. The van der Waals surface area contributed by atoms with Gasteiger partial charge in [-0.2, -0.15) is 0 Å². The maximum atomic E-state index is 5.34. The van der Waals surface area contributed by atoms with E-state index in [1.165, 1.54) is 5.56 Å². The van der Waals surface area contributed by atoms with Crippen LogP contribution in [0.1, 0.15) is 24.9 Å². The molecule has 0 fully saturated rings. The Morgan fingerprint density at radius 2 is 1.84 bits per heavy atom. The molecule has 0 aliphatic heterocycles. The van der Waals surface area contributed by atoms with Crippen LogP contribution >= 0.6 is 12.2 Å². The number of rotatable bonds is 4. The smallest absolute Gasteiger partial charge is 0.171 e. The number of aromatic nitrogens is 1. The molecule has 0 amide bonds. The SMILES string of the molecule is CC[C@H](NC(=S)Nc1ccncc1)c1ccccc1. The zero-order valence-corrected chi connectivity index (χ0v) is 11.7. The summed E-state index contributed by atoms with van der Waals surface area (Å²) in [6.07, 6.45) is 4.45. The highest BCUT2D eigenvalue weighted by Gasteiger charge is 2.09. The van der Waals surface area contributed by atoms with Crippen LogP contribution in [0.25, 0.3) is 0 Å². The Morgan fingerprint density at radius 1 is 1.16 bits per heavy atom. The van der Waals surface area contributed by atoms with E-state index in [9.17, 15) is 0 Å². The van der Waals surface area contributed by atoms with Gasteiger partial charge in [0.1, 0.15) is 0 Å². The molecule has 0 aliphatic rings. The first kappa shape index (κ1) is 13.5. The normalized spacial score (nSPS) is 11.6. The Kier molecular flexibility index (Phi) is 4.86. The first-order valence-corrected chi connectivity index (χ1v) is 6.73. The lowest BCUT2D eigenvalue weighted by Gasteiger charge is -2.19. The molecule has 1 heterocycles. The maximum absolute atomic E-state index is 5.34. The molecule has 0 radical (unpaired) electrons. The summed E-state index contributed by atoms with van der Waals surface area (Å²) < 4.78 is 0. The largest absolute Gasteiger partial charge is 0.356 e. The fourth-order valence-electron chi connectivity index (χ4n) is 1.87. The zero-order valence-electron chi connectivity index (χ0n) is 10.8. The fraction of sp³-hybridized carbons (Fsp3) is 0.200. The summed E-state index contributed by atoms with van der Waals surface area (Å²) in [4.78, 5) is 3.97. The van der Waals surface area contributed by atoms with E-state index in [1.807, 2.05) is 30.3 Å². The Bertz CT molecular complexity index is 513. The molecule has 19 heavy (non-hydrogen) atoms. The minimum absolute atomic E-state index is 0.225. The quantitative estimate of drug-likeness (QED) is 0.834. The summed E-state index contributed by atoms with van der Waals surface area (Å²) in [5.41, 5.74) is 2.18. The number of hydrogen-bond donors (Lipinski definition) is 2. The second-order valence-corrected chi connectivity index (χ2v) is 4.61. The van der Waals surface area contributed by atoms with Crippen LogP contribution in [0, 0.1) is 0 Å². The Balaban J connectivity index is 1.97. The number of thiocarbonyl (C=S) groups is 1. The van der Waals surface area contributed by atoms with Crippen LogP contribution in [0.2, 0.25) is 0 Å². The third-order valence-electron chi connectivity index (χ3n) is 2.85. The predicted molar refractivity (Wildman–Crippen MR) is 83.1 cm³/mol. The molecule has 3 nitrogen and oxygen atoms in total. The van der Waals surface area contributed by atoms with Crippen molar-refractivity contribution >= 4 is 23.0 Å². The van der Waals surface area contributed by atoms with Gasteiger partial charge in [0.25, 0.3) is 0 Å². The van der Waals surface area contributed by atoms with Crippen molar-refractivity contribution in [2.24, 2.45) is 0 Å². The van der Waals surface area contributed by atoms with Crippen LogP contribution in [-0.4, -0.2) is 10.1 Å². The second kappa shape index (κ2) is 6.85. The Hall–Kier alpha value is -1.94. The summed E-state index contributed by atoms with van der Waals surface area (Å²) in [6, 6.07) is 14.3. The van der Waals surface area contributed by atoms with E-state index in [4.69, 9.17) is 12.2 Å². The molecule has 2 aromatic rings. The molecule has 2 N–H and O–H groups in total. The second-order valence-electron chi connectivity index (χ2n) is 4.21. The highest BCUT2D eigenvalue weighted by atomic mass is 32.1. The first-order valence-electron chi connectivity index (χ1n) is 6.32. The van der Waals surface area contributed by atoms with Gasteiger partial charge in [0.2, 0.25) is 0 Å². The van der Waals surface area contributed by atoms with Gasteiger partial charge in [-0.15, -0.1) is 0 Å². The topological polar surface area (TPSA) is 37.0 Å². The molecule has 0 unspecified atom stereocenters. The van der Waals surface area contributed by atoms with Crippen molar-refractivity contribution in [2.45, 2.75) is 19.4 Å². The van der Waals surface area contributed by atoms with Crippen LogP contribution in [-0.2, 0) is 0 Å². The molecule has 0 aliphatic carbocycles. The first-order chi connectivity index (χ1) is 9.29. The van der Waals surface area contributed by atoms with Crippen molar-refractivity contribution < 1.29 is 0 Å². The molecule has 4 heteroatoms. The maximum Gasteiger partial charge on any atom is 0.171 e.